The van der Waals surface area contributed by atoms with Crippen LogP contribution in [0.2, 0.25) is 0 Å². The maximum Gasteiger partial charge on any atom is 0.407 e. The van der Waals surface area contributed by atoms with Crippen LogP contribution in [0.15, 0.2) is 85.2 Å². The maximum atomic E-state index is 13.5. The minimum Gasteiger partial charge on any atom is -0.453 e. The summed E-state index contributed by atoms with van der Waals surface area (Å²) in [6.45, 7) is 9.91. The smallest absolute Gasteiger partial charge is 0.407 e. The first kappa shape index (κ1) is 38.5. The van der Waals surface area contributed by atoms with Crippen LogP contribution in [0.4, 0.5) is 9.59 Å². The zero-order chi connectivity index (χ0) is 39.4. The number of hydrogen-bond acceptors (Lipinski definition) is 9. The molecule has 0 saturated carbocycles. The van der Waals surface area contributed by atoms with E-state index in [2.05, 4.69) is 41.9 Å². The number of carbonyl (C=O) groups excluding carboxylic acids is 4. The van der Waals surface area contributed by atoms with Crippen molar-refractivity contribution in [3.8, 4) is 33.6 Å². The number of nitrogens with one attached hydrogen (secondary N) is 4. The Balaban J connectivity index is 1.12. The molecule has 2 aliphatic heterocycles. The van der Waals surface area contributed by atoms with Crippen molar-refractivity contribution in [3.05, 3.63) is 96.9 Å². The topological polar surface area (TPSA) is 195 Å². The standard InChI is InChI=1S/C40H46N8O7/c1-22(2)32(45-39(52)54-5)37(50)47-18-7-8-30(47)35-41-20-28(43-35)26-13-9-24(10-14-26)25-11-15-27(16-12-25)29-21-42-36(44-29)34-31(49)17-19-48(34)38(51)33(23(3)4)46-40(53)55-6/h7-16,20-21,23,30-34,49H,1,17-19H2,2-6H3,(H,41,43)(H,42,44)(H,45,52)(H,46,53)/t30-,31?,32-,33-,34-/m0/s1. The predicted octanol–water partition coefficient (Wildman–Crippen LogP) is 4.89. The van der Waals surface area contributed by atoms with E-state index in [-0.39, 0.29) is 17.7 Å². The highest BCUT2D eigenvalue weighted by Gasteiger charge is 2.42. The number of rotatable bonds is 11. The third kappa shape index (κ3) is 8.16. The van der Waals surface area contributed by atoms with Crippen molar-refractivity contribution in [3.63, 3.8) is 0 Å². The van der Waals surface area contributed by atoms with E-state index < -0.39 is 42.5 Å². The van der Waals surface area contributed by atoms with Crippen LogP contribution < -0.4 is 10.6 Å². The number of ether oxygens (including phenoxy) is 2. The first-order valence-corrected chi connectivity index (χ1v) is 18.0. The Bertz CT molecular complexity index is 2070. The number of H-pyrrole nitrogens is 2. The van der Waals surface area contributed by atoms with Gasteiger partial charge in [-0.3, -0.25) is 9.59 Å². The largest absolute Gasteiger partial charge is 0.453 e. The van der Waals surface area contributed by atoms with Crippen LogP contribution in [0.3, 0.4) is 0 Å². The summed E-state index contributed by atoms with van der Waals surface area (Å²) in [6, 6.07) is 13.1. The molecule has 5 N–H and O–H groups in total. The summed E-state index contributed by atoms with van der Waals surface area (Å²) >= 11 is 0. The molecule has 15 heteroatoms. The second kappa shape index (κ2) is 16.4. The molecule has 4 amide bonds. The average Bonchev–Trinajstić information content (AvgIpc) is 4.02. The molecular formula is C40H46N8O7. The Kier molecular flexibility index (Phi) is 11.5. The number of hydrogen-bond donors (Lipinski definition) is 5. The number of aliphatic hydroxyl groups excluding tert-OH is 1. The predicted molar refractivity (Wildman–Crippen MR) is 204 cm³/mol. The van der Waals surface area contributed by atoms with Gasteiger partial charge in [0.15, 0.2) is 0 Å². The number of aromatic nitrogens is 4. The summed E-state index contributed by atoms with van der Waals surface area (Å²) in [4.78, 5) is 69.8. The Morgan fingerprint density at radius 3 is 1.89 bits per heavy atom. The number of carbonyl (C=O) groups is 4. The first-order chi connectivity index (χ1) is 26.4. The third-order valence-corrected chi connectivity index (χ3v) is 9.94. The Morgan fingerprint density at radius 1 is 0.818 bits per heavy atom. The van der Waals surface area contributed by atoms with E-state index in [9.17, 15) is 24.3 Å². The van der Waals surface area contributed by atoms with Gasteiger partial charge in [-0.25, -0.2) is 19.6 Å². The maximum absolute atomic E-state index is 13.5. The van der Waals surface area contributed by atoms with Gasteiger partial charge in [0.05, 0.1) is 44.1 Å². The van der Waals surface area contributed by atoms with Crippen molar-refractivity contribution in [2.24, 2.45) is 5.92 Å². The van der Waals surface area contributed by atoms with E-state index in [1.807, 2.05) is 74.5 Å². The molecule has 2 aliphatic rings. The Hall–Kier alpha value is -6.22. The van der Waals surface area contributed by atoms with E-state index in [1.165, 1.54) is 14.2 Å². The number of alkyl carbamates (subject to hydrolysis) is 2. The van der Waals surface area contributed by atoms with Gasteiger partial charge in [-0.15, -0.1) is 0 Å². The van der Waals surface area contributed by atoms with Gasteiger partial charge in [0.1, 0.15) is 35.8 Å². The Labute approximate surface area is 318 Å². The molecule has 0 spiro atoms. The van der Waals surface area contributed by atoms with Gasteiger partial charge in [-0.1, -0.05) is 81.1 Å². The molecule has 1 fully saturated rings. The van der Waals surface area contributed by atoms with Crippen molar-refractivity contribution in [1.82, 2.24) is 40.4 Å². The van der Waals surface area contributed by atoms with Crippen LogP contribution in [0.25, 0.3) is 33.6 Å². The highest BCUT2D eigenvalue weighted by molar-refractivity contribution is 5.89. The molecule has 0 aliphatic carbocycles. The van der Waals surface area contributed by atoms with Crippen LogP contribution in [0.5, 0.6) is 0 Å². The van der Waals surface area contributed by atoms with Gasteiger partial charge in [0.2, 0.25) is 5.91 Å². The lowest BCUT2D eigenvalue weighted by Crippen LogP contribution is -2.51. The van der Waals surface area contributed by atoms with Crippen LogP contribution in [-0.4, -0.2) is 104 Å². The van der Waals surface area contributed by atoms with E-state index >= 15 is 0 Å². The second-order valence-electron chi connectivity index (χ2n) is 14.0. The van der Waals surface area contributed by atoms with Gasteiger partial charge in [0, 0.05) is 13.1 Å². The molecule has 4 heterocycles. The summed E-state index contributed by atoms with van der Waals surface area (Å²) in [5.41, 5.74) is 5.81. The second-order valence-corrected chi connectivity index (χ2v) is 14.0. The zero-order valence-electron chi connectivity index (χ0n) is 31.4. The summed E-state index contributed by atoms with van der Waals surface area (Å²) < 4.78 is 9.41. The monoisotopic (exact) mass is 750 g/mol. The van der Waals surface area contributed by atoms with Crippen LogP contribution >= 0.6 is 0 Å². The molecule has 5 atom stereocenters. The SMILES string of the molecule is C=C(C)[C@H](NC(=O)OC)C(=O)N1CC=C[C@H]1c1ncc(-c2ccc(-c3ccc(-c4cnc([C@@H]5C(O)CCN5C(=O)[C@@H](NC(=O)OC)C(C)C)[nH]4)cc3)cc2)[nH]1. The minimum absolute atomic E-state index is 0.199. The fourth-order valence-electron chi connectivity index (χ4n) is 6.91. The number of methoxy groups -OCH3 is 2. The number of likely N-dealkylation sites (tertiary alicyclic amines) is 1. The lowest BCUT2D eigenvalue weighted by atomic mass is 10.0. The molecular weight excluding hydrogens is 704 g/mol. The lowest BCUT2D eigenvalue weighted by molar-refractivity contribution is -0.136. The minimum atomic E-state index is -0.932. The molecule has 288 valence electrons. The highest BCUT2D eigenvalue weighted by Crippen LogP contribution is 2.34. The van der Waals surface area contributed by atoms with Crippen molar-refractivity contribution in [1.29, 1.82) is 0 Å². The molecule has 2 aromatic carbocycles. The van der Waals surface area contributed by atoms with Gasteiger partial charge >= 0.3 is 12.2 Å². The van der Waals surface area contributed by atoms with Gasteiger partial charge in [0.25, 0.3) is 5.91 Å². The fourth-order valence-corrected chi connectivity index (χ4v) is 6.91. The van der Waals surface area contributed by atoms with Crippen molar-refractivity contribution in [2.45, 2.75) is 57.5 Å². The molecule has 1 saturated heterocycles. The molecule has 6 rings (SSSR count). The van der Waals surface area contributed by atoms with Gasteiger partial charge in [-0.2, -0.15) is 0 Å². The number of nitrogens with zero attached hydrogens (tertiary/aromatic N) is 4. The van der Waals surface area contributed by atoms with E-state index in [0.29, 0.717) is 36.7 Å². The Morgan fingerprint density at radius 2 is 1.35 bits per heavy atom. The molecule has 0 radical (unpaired) electrons. The average molecular weight is 751 g/mol. The number of aromatic amines is 2. The van der Waals surface area contributed by atoms with E-state index in [1.54, 1.807) is 29.1 Å². The van der Waals surface area contributed by atoms with Crippen molar-refractivity contribution < 1.29 is 33.8 Å². The van der Waals surface area contributed by atoms with Crippen LogP contribution in [0.1, 0.15) is 50.9 Å². The molecule has 0 bridgehead atoms. The highest BCUT2D eigenvalue weighted by atomic mass is 16.5. The van der Waals surface area contributed by atoms with Gasteiger partial charge < -0.3 is 45.0 Å². The summed E-state index contributed by atoms with van der Waals surface area (Å²) in [7, 11) is 2.49. The third-order valence-electron chi connectivity index (χ3n) is 9.94. The van der Waals surface area contributed by atoms with E-state index in [0.717, 1.165) is 33.6 Å². The lowest BCUT2D eigenvalue weighted by Gasteiger charge is -2.30. The summed E-state index contributed by atoms with van der Waals surface area (Å²) in [5.74, 6) is 0.234. The zero-order valence-corrected chi connectivity index (χ0v) is 31.4. The normalized spacial score (nSPS) is 18.9. The van der Waals surface area contributed by atoms with Crippen molar-refractivity contribution >= 4 is 24.0 Å². The number of aliphatic hydroxyl groups is 1. The summed E-state index contributed by atoms with van der Waals surface area (Å²) in [5, 5.41) is 16.1. The fraction of sp³-hybridized carbons (Fsp3) is 0.350. The number of amides is 4. The quantitative estimate of drug-likeness (QED) is 0.133. The van der Waals surface area contributed by atoms with Crippen LogP contribution in [0, 0.1) is 5.92 Å². The first-order valence-electron chi connectivity index (χ1n) is 18.0. The molecule has 15 nitrogen and oxygen atoms in total. The van der Waals surface area contributed by atoms with Crippen molar-refractivity contribution in [2.75, 3.05) is 27.3 Å². The van der Waals surface area contributed by atoms with Gasteiger partial charge in [-0.05, 0) is 47.1 Å². The number of imidazole rings is 2. The molecule has 1 unspecified atom stereocenters. The number of benzene rings is 2. The molecule has 55 heavy (non-hydrogen) atoms. The van der Waals surface area contributed by atoms with Crippen LogP contribution in [-0.2, 0) is 19.1 Å². The molecule has 4 aromatic rings. The summed E-state index contributed by atoms with van der Waals surface area (Å²) in [6.07, 6.45) is 5.36. The molecule has 2 aromatic heterocycles. The van der Waals surface area contributed by atoms with E-state index in [4.69, 9.17) is 4.74 Å².